The summed E-state index contributed by atoms with van der Waals surface area (Å²) < 4.78 is 20.6. The zero-order valence-corrected chi connectivity index (χ0v) is 22.4. The van der Waals surface area contributed by atoms with E-state index in [1.165, 1.54) is 46.7 Å². The standard InChI is InChI=1S/C24H20BrClFN5O4S/c1-36-24(35)19(9-16-10-32(31-30-16)11-21(33)13-3-2-4-15(25)7-13)28-22(34)20-12-37-23(29-20)14-5-6-18(27)17(26)8-14/h2-8,10,12,19,21,33H,9,11H2,1H3,(H,28,34)/t19?,21-/m0/s1. The first kappa shape index (κ1) is 26.9. The van der Waals surface area contributed by atoms with Crippen molar-refractivity contribution in [3.8, 4) is 10.6 Å². The fraction of sp³-hybridized carbons (Fsp3) is 0.208. The van der Waals surface area contributed by atoms with Crippen LogP contribution in [0.5, 0.6) is 0 Å². The summed E-state index contributed by atoms with van der Waals surface area (Å²) in [4.78, 5) is 29.5. The molecule has 0 saturated carbocycles. The fourth-order valence-corrected chi connectivity index (χ4v) is 4.83. The van der Waals surface area contributed by atoms with Crippen LogP contribution in [0.1, 0.15) is 27.8 Å². The van der Waals surface area contributed by atoms with Crippen LogP contribution in [0.3, 0.4) is 0 Å². The van der Waals surface area contributed by atoms with Crippen molar-refractivity contribution in [2.75, 3.05) is 7.11 Å². The number of aliphatic hydroxyl groups excluding tert-OH is 1. The Balaban J connectivity index is 1.42. The van der Waals surface area contributed by atoms with E-state index >= 15 is 0 Å². The highest BCUT2D eigenvalue weighted by Crippen LogP contribution is 2.27. The number of hydrogen-bond acceptors (Lipinski definition) is 8. The molecule has 2 aromatic heterocycles. The van der Waals surface area contributed by atoms with E-state index in [9.17, 15) is 19.1 Å². The Bertz CT molecular complexity index is 1430. The molecular weight excluding hydrogens is 589 g/mol. The first-order valence-electron chi connectivity index (χ1n) is 10.9. The maximum Gasteiger partial charge on any atom is 0.328 e. The number of benzene rings is 2. The van der Waals surface area contributed by atoms with Crippen LogP contribution in [0.4, 0.5) is 4.39 Å². The van der Waals surface area contributed by atoms with Crippen molar-refractivity contribution in [3.05, 3.63) is 86.3 Å². The van der Waals surface area contributed by atoms with Crippen LogP contribution in [0, 0.1) is 5.82 Å². The van der Waals surface area contributed by atoms with E-state index in [0.717, 1.165) is 4.47 Å². The Kier molecular flexibility index (Phi) is 8.64. The molecule has 2 N–H and O–H groups in total. The van der Waals surface area contributed by atoms with E-state index in [1.54, 1.807) is 18.3 Å². The number of carbonyl (C=O) groups excluding carboxylic acids is 2. The lowest BCUT2D eigenvalue weighted by Crippen LogP contribution is -2.43. The smallest absolute Gasteiger partial charge is 0.328 e. The second kappa shape index (κ2) is 11.9. The highest BCUT2D eigenvalue weighted by Gasteiger charge is 2.25. The van der Waals surface area contributed by atoms with Gasteiger partial charge in [0.15, 0.2) is 0 Å². The molecule has 0 aliphatic carbocycles. The Labute approximate surface area is 228 Å². The lowest BCUT2D eigenvalue weighted by Gasteiger charge is -2.14. The zero-order valence-electron chi connectivity index (χ0n) is 19.3. The normalized spacial score (nSPS) is 12.7. The summed E-state index contributed by atoms with van der Waals surface area (Å²) in [5, 5.41) is 23.1. The van der Waals surface area contributed by atoms with Gasteiger partial charge in [-0.3, -0.25) is 4.79 Å². The van der Waals surface area contributed by atoms with Gasteiger partial charge in [0.05, 0.1) is 30.5 Å². The summed E-state index contributed by atoms with van der Waals surface area (Å²) in [6, 6.07) is 10.4. The number of halogens is 3. The molecule has 4 rings (SSSR count). The molecule has 0 spiro atoms. The predicted octanol–water partition coefficient (Wildman–Crippen LogP) is 4.20. The monoisotopic (exact) mass is 607 g/mol. The van der Waals surface area contributed by atoms with Crippen molar-refractivity contribution in [2.24, 2.45) is 0 Å². The van der Waals surface area contributed by atoms with E-state index in [2.05, 4.69) is 36.5 Å². The number of nitrogens with zero attached hydrogens (tertiary/aromatic N) is 4. The molecule has 192 valence electrons. The number of ether oxygens (including phenoxy) is 1. The number of hydrogen-bond donors (Lipinski definition) is 2. The number of aromatic nitrogens is 4. The number of amides is 1. The van der Waals surface area contributed by atoms with Crippen LogP contribution < -0.4 is 5.32 Å². The van der Waals surface area contributed by atoms with Gasteiger partial charge in [0.25, 0.3) is 5.91 Å². The maximum absolute atomic E-state index is 13.5. The molecular formula is C24H20BrClFN5O4S. The van der Waals surface area contributed by atoms with Crippen molar-refractivity contribution >= 4 is 50.7 Å². The molecule has 1 unspecified atom stereocenters. The van der Waals surface area contributed by atoms with E-state index in [1.807, 2.05) is 12.1 Å². The minimum Gasteiger partial charge on any atom is -0.467 e. The van der Waals surface area contributed by atoms with Crippen molar-refractivity contribution in [3.63, 3.8) is 0 Å². The van der Waals surface area contributed by atoms with Gasteiger partial charge in [-0.2, -0.15) is 0 Å². The summed E-state index contributed by atoms with van der Waals surface area (Å²) in [7, 11) is 1.21. The molecule has 0 saturated heterocycles. The second-order valence-electron chi connectivity index (χ2n) is 7.92. The number of nitrogens with one attached hydrogen (secondary N) is 1. The summed E-state index contributed by atoms with van der Waals surface area (Å²) in [5.74, 6) is -1.82. The maximum atomic E-state index is 13.5. The molecule has 4 aromatic rings. The SMILES string of the molecule is COC(=O)C(Cc1cn(C[C@H](O)c2cccc(Br)c2)nn1)NC(=O)c1csc(-c2ccc(F)c(Cl)c2)n1. The molecule has 9 nitrogen and oxygen atoms in total. The predicted molar refractivity (Wildman–Crippen MR) is 139 cm³/mol. The number of carbonyl (C=O) groups is 2. The van der Waals surface area contributed by atoms with Gasteiger partial charge in [0.1, 0.15) is 22.6 Å². The highest BCUT2D eigenvalue weighted by molar-refractivity contribution is 9.10. The molecule has 0 radical (unpaired) electrons. The Morgan fingerprint density at radius 3 is 2.84 bits per heavy atom. The molecule has 13 heteroatoms. The topological polar surface area (TPSA) is 119 Å². The van der Waals surface area contributed by atoms with Crippen LogP contribution in [-0.4, -0.2) is 50.1 Å². The summed E-state index contributed by atoms with van der Waals surface area (Å²) in [5.41, 5.74) is 1.76. The first-order valence-corrected chi connectivity index (χ1v) is 12.9. The number of aliphatic hydroxyl groups is 1. The average molecular weight is 609 g/mol. The van der Waals surface area contributed by atoms with Crippen LogP contribution in [0.2, 0.25) is 5.02 Å². The van der Waals surface area contributed by atoms with Gasteiger partial charge in [0.2, 0.25) is 0 Å². The third-order valence-electron chi connectivity index (χ3n) is 5.29. The van der Waals surface area contributed by atoms with E-state index in [4.69, 9.17) is 16.3 Å². The summed E-state index contributed by atoms with van der Waals surface area (Å²) in [6.45, 7) is 0.147. The van der Waals surface area contributed by atoms with E-state index in [-0.39, 0.29) is 23.7 Å². The molecule has 0 aliphatic heterocycles. The lowest BCUT2D eigenvalue weighted by atomic mass is 10.1. The molecule has 2 aromatic carbocycles. The second-order valence-corrected chi connectivity index (χ2v) is 10.1. The van der Waals surface area contributed by atoms with Gasteiger partial charge in [-0.1, -0.05) is 44.9 Å². The zero-order chi connectivity index (χ0) is 26.5. The molecule has 0 bridgehead atoms. The minimum atomic E-state index is -1.05. The quantitative estimate of drug-likeness (QED) is 0.273. The number of esters is 1. The van der Waals surface area contributed by atoms with Gasteiger partial charge in [-0.05, 0) is 35.9 Å². The average Bonchev–Trinajstić information content (AvgIpc) is 3.55. The van der Waals surface area contributed by atoms with Gasteiger partial charge >= 0.3 is 5.97 Å². The highest BCUT2D eigenvalue weighted by atomic mass is 79.9. The van der Waals surface area contributed by atoms with Crippen LogP contribution in [0.25, 0.3) is 10.6 Å². The minimum absolute atomic E-state index is 0.00988. The number of rotatable bonds is 9. The third-order valence-corrected chi connectivity index (χ3v) is 6.96. The third kappa shape index (κ3) is 6.77. The Hall–Kier alpha value is -3.19. The van der Waals surface area contributed by atoms with Crippen LogP contribution >= 0.6 is 38.9 Å². The molecule has 1 amide bonds. The molecule has 2 atom stereocenters. The first-order chi connectivity index (χ1) is 17.7. The fourth-order valence-electron chi connectivity index (χ4n) is 3.43. The number of thiazole rings is 1. The molecule has 0 fully saturated rings. The van der Waals surface area contributed by atoms with Gasteiger partial charge in [-0.25, -0.2) is 18.9 Å². The van der Waals surface area contributed by atoms with Gasteiger partial charge < -0.3 is 15.2 Å². The Morgan fingerprint density at radius 2 is 2.11 bits per heavy atom. The van der Waals surface area contributed by atoms with Crippen molar-refractivity contribution in [2.45, 2.75) is 25.1 Å². The molecule has 0 aliphatic rings. The van der Waals surface area contributed by atoms with Crippen LogP contribution in [-0.2, 0) is 22.5 Å². The van der Waals surface area contributed by atoms with Gasteiger partial charge in [-0.15, -0.1) is 16.4 Å². The lowest BCUT2D eigenvalue weighted by molar-refractivity contribution is -0.142. The Morgan fingerprint density at radius 1 is 1.30 bits per heavy atom. The van der Waals surface area contributed by atoms with Gasteiger partial charge in [0, 0.05) is 28.0 Å². The largest absolute Gasteiger partial charge is 0.467 e. The summed E-state index contributed by atoms with van der Waals surface area (Å²) in [6.07, 6.45) is 0.774. The molecule has 2 heterocycles. The van der Waals surface area contributed by atoms with Crippen molar-refractivity contribution in [1.29, 1.82) is 0 Å². The number of methoxy groups -OCH3 is 1. The summed E-state index contributed by atoms with van der Waals surface area (Å²) >= 11 is 10.4. The van der Waals surface area contributed by atoms with E-state index in [0.29, 0.717) is 21.8 Å². The van der Waals surface area contributed by atoms with E-state index < -0.39 is 29.8 Å². The van der Waals surface area contributed by atoms with Crippen LogP contribution in [0.15, 0.2) is 58.5 Å². The van der Waals surface area contributed by atoms with Crippen molar-refractivity contribution in [1.82, 2.24) is 25.3 Å². The van der Waals surface area contributed by atoms with Crippen molar-refractivity contribution < 1.29 is 23.8 Å². The molecule has 37 heavy (non-hydrogen) atoms.